The number of fused-ring (bicyclic) bond motifs is 1. The highest BCUT2D eigenvalue weighted by Crippen LogP contribution is 2.42. The number of hydrogen-bond donors (Lipinski definition) is 1. The molecule has 0 saturated heterocycles. The van der Waals surface area contributed by atoms with Crippen LogP contribution in [0.1, 0.15) is 25.3 Å². The van der Waals surface area contributed by atoms with Gasteiger partial charge < -0.3 is 9.84 Å². The predicted molar refractivity (Wildman–Crippen MR) is 70.4 cm³/mol. The summed E-state index contributed by atoms with van der Waals surface area (Å²) >= 11 is 3.22. The minimum absolute atomic E-state index is 0.0736. The van der Waals surface area contributed by atoms with Gasteiger partial charge in [-0.25, -0.2) is 9.18 Å². The summed E-state index contributed by atoms with van der Waals surface area (Å²) in [6.07, 6.45) is 0.308. The van der Waals surface area contributed by atoms with Crippen LogP contribution in [0, 0.1) is 5.82 Å². The van der Waals surface area contributed by atoms with E-state index in [0.717, 1.165) is 0 Å². The Morgan fingerprint density at radius 2 is 2.21 bits per heavy atom. The van der Waals surface area contributed by atoms with Crippen LogP contribution >= 0.6 is 15.9 Å². The van der Waals surface area contributed by atoms with Crippen molar-refractivity contribution in [1.29, 1.82) is 0 Å². The van der Waals surface area contributed by atoms with E-state index in [4.69, 9.17) is 4.74 Å². The van der Waals surface area contributed by atoms with Gasteiger partial charge in [0.1, 0.15) is 12.4 Å². The van der Waals surface area contributed by atoms with E-state index in [2.05, 4.69) is 15.9 Å². The molecular weight excluding hydrogens is 317 g/mol. The molecule has 0 spiro atoms. The van der Waals surface area contributed by atoms with Crippen molar-refractivity contribution in [3.05, 3.63) is 28.0 Å². The van der Waals surface area contributed by atoms with E-state index in [1.54, 1.807) is 13.0 Å². The van der Waals surface area contributed by atoms with E-state index in [0.29, 0.717) is 22.9 Å². The molecule has 6 heteroatoms. The largest absolute Gasteiger partial charge is 0.444 e. The van der Waals surface area contributed by atoms with Crippen LogP contribution in [0.3, 0.4) is 0 Å². The number of ether oxygens (including phenoxy) is 1. The number of nitrogens with zero attached hydrogens (tertiary/aromatic N) is 1. The number of benzene rings is 1. The van der Waals surface area contributed by atoms with Crippen LogP contribution in [0.2, 0.25) is 0 Å². The molecule has 3 rings (SSSR count). The number of anilines is 1. The SMILES string of the molecule is CC1(O)CC(N2C(=O)OCc3cc(Br)cc(F)c32)C1. The smallest absolute Gasteiger partial charge is 0.414 e. The lowest BCUT2D eigenvalue weighted by atomic mass is 9.76. The maximum Gasteiger partial charge on any atom is 0.414 e. The molecule has 0 unspecified atom stereocenters. The van der Waals surface area contributed by atoms with Crippen LogP contribution in [0.15, 0.2) is 16.6 Å². The van der Waals surface area contributed by atoms with Crippen LogP contribution < -0.4 is 4.90 Å². The van der Waals surface area contributed by atoms with Gasteiger partial charge in [0.25, 0.3) is 0 Å². The predicted octanol–water partition coefficient (Wildman–Crippen LogP) is 2.96. The van der Waals surface area contributed by atoms with E-state index < -0.39 is 17.5 Å². The van der Waals surface area contributed by atoms with E-state index in [1.165, 1.54) is 11.0 Å². The Kier molecular flexibility index (Phi) is 2.83. The highest BCUT2D eigenvalue weighted by atomic mass is 79.9. The van der Waals surface area contributed by atoms with Crippen LogP contribution in [0.4, 0.5) is 14.9 Å². The Labute approximate surface area is 118 Å². The number of halogens is 2. The van der Waals surface area contributed by atoms with Crippen molar-refractivity contribution in [3.63, 3.8) is 0 Å². The Morgan fingerprint density at radius 3 is 2.84 bits per heavy atom. The first kappa shape index (κ1) is 12.9. The first-order valence-corrected chi connectivity index (χ1v) is 6.83. The molecule has 1 fully saturated rings. The van der Waals surface area contributed by atoms with Crippen molar-refractivity contribution in [2.24, 2.45) is 0 Å². The number of rotatable bonds is 1. The molecule has 1 N–H and O–H groups in total. The van der Waals surface area contributed by atoms with Crippen molar-refractivity contribution in [2.45, 2.75) is 38.0 Å². The van der Waals surface area contributed by atoms with Gasteiger partial charge in [0.15, 0.2) is 0 Å². The molecule has 0 radical (unpaired) electrons. The topological polar surface area (TPSA) is 49.8 Å². The molecule has 102 valence electrons. The summed E-state index contributed by atoms with van der Waals surface area (Å²) in [6.45, 7) is 1.78. The summed E-state index contributed by atoms with van der Waals surface area (Å²) in [5, 5.41) is 9.78. The number of carbonyl (C=O) groups is 1. The van der Waals surface area contributed by atoms with Gasteiger partial charge in [-0.2, -0.15) is 0 Å². The summed E-state index contributed by atoms with van der Waals surface area (Å²) in [5.74, 6) is -0.451. The normalized spacial score (nSPS) is 29.6. The van der Waals surface area contributed by atoms with Crippen LogP contribution in [-0.4, -0.2) is 22.8 Å². The number of hydrogen-bond acceptors (Lipinski definition) is 3. The van der Waals surface area contributed by atoms with Crippen LogP contribution in [0.25, 0.3) is 0 Å². The van der Waals surface area contributed by atoms with E-state index in [9.17, 15) is 14.3 Å². The van der Waals surface area contributed by atoms with Gasteiger partial charge in [-0.1, -0.05) is 15.9 Å². The fraction of sp³-hybridized carbons (Fsp3) is 0.462. The maximum atomic E-state index is 14.1. The van der Waals surface area contributed by atoms with Gasteiger partial charge in [-0.15, -0.1) is 0 Å². The third kappa shape index (κ3) is 2.12. The lowest BCUT2D eigenvalue weighted by Gasteiger charge is -2.47. The van der Waals surface area contributed by atoms with Crippen LogP contribution in [0.5, 0.6) is 0 Å². The van der Waals surface area contributed by atoms with Crippen molar-refractivity contribution in [1.82, 2.24) is 0 Å². The summed E-state index contributed by atoms with van der Waals surface area (Å²) in [5.41, 5.74) is 0.131. The van der Waals surface area contributed by atoms with Gasteiger partial charge >= 0.3 is 6.09 Å². The molecule has 19 heavy (non-hydrogen) atoms. The average molecular weight is 330 g/mol. The lowest BCUT2D eigenvalue weighted by molar-refractivity contribution is -0.0315. The third-order valence-corrected chi connectivity index (χ3v) is 4.07. The molecular formula is C13H13BrFNO3. The van der Waals surface area contributed by atoms with Crippen molar-refractivity contribution >= 4 is 27.7 Å². The van der Waals surface area contributed by atoms with Gasteiger partial charge in [0, 0.05) is 16.1 Å². The molecule has 1 amide bonds. The summed E-state index contributed by atoms with van der Waals surface area (Å²) in [4.78, 5) is 13.2. The van der Waals surface area contributed by atoms with E-state index in [1.807, 2.05) is 0 Å². The number of cyclic esters (lactones) is 1. The molecule has 1 aliphatic heterocycles. The zero-order valence-corrected chi connectivity index (χ0v) is 11.9. The lowest BCUT2D eigenvalue weighted by Crippen LogP contribution is -2.57. The summed E-state index contributed by atoms with van der Waals surface area (Å²) in [6, 6.07) is 2.87. The minimum Gasteiger partial charge on any atom is -0.444 e. The van der Waals surface area contributed by atoms with Crippen LogP contribution in [-0.2, 0) is 11.3 Å². The Morgan fingerprint density at radius 1 is 1.53 bits per heavy atom. The highest BCUT2D eigenvalue weighted by molar-refractivity contribution is 9.10. The number of aliphatic hydroxyl groups is 1. The van der Waals surface area contributed by atoms with E-state index in [-0.39, 0.29) is 18.3 Å². The molecule has 4 nitrogen and oxygen atoms in total. The Hall–Kier alpha value is -1.14. The molecule has 1 aliphatic carbocycles. The Balaban J connectivity index is 2.00. The number of amides is 1. The minimum atomic E-state index is -0.783. The van der Waals surface area contributed by atoms with Gasteiger partial charge in [0.2, 0.25) is 0 Å². The molecule has 2 aliphatic rings. The second kappa shape index (κ2) is 4.18. The molecule has 1 heterocycles. The fourth-order valence-electron chi connectivity index (χ4n) is 2.77. The third-order valence-electron chi connectivity index (χ3n) is 3.61. The van der Waals surface area contributed by atoms with Crippen molar-refractivity contribution in [2.75, 3.05) is 4.90 Å². The highest BCUT2D eigenvalue weighted by Gasteiger charge is 2.46. The van der Waals surface area contributed by atoms with Crippen molar-refractivity contribution < 1.29 is 19.0 Å². The van der Waals surface area contributed by atoms with Gasteiger partial charge in [-0.05, 0) is 31.9 Å². The zero-order chi connectivity index (χ0) is 13.8. The Bertz CT molecular complexity index is 553. The fourth-order valence-corrected chi connectivity index (χ4v) is 3.25. The molecule has 0 aromatic heterocycles. The first-order valence-electron chi connectivity index (χ1n) is 6.04. The monoisotopic (exact) mass is 329 g/mol. The van der Waals surface area contributed by atoms with E-state index >= 15 is 0 Å². The van der Waals surface area contributed by atoms with Gasteiger partial charge in [-0.3, -0.25) is 4.90 Å². The second-order valence-corrected chi connectivity index (χ2v) is 6.29. The first-order chi connectivity index (χ1) is 8.87. The number of carbonyl (C=O) groups excluding carboxylic acids is 1. The molecule has 1 saturated carbocycles. The second-order valence-electron chi connectivity index (χ2n) is 5.38. The van der Waals surface area contributed by atoms with Gasteiger partial charge in [0.05, 0.1) is 11.3 Å². The zero-order valence-electron chi connectivity index (χ0n) is 10.3. The standard InChI is InChI=1S/C13H13BrFNO3/c1-13(18)4-9(5-13)16-11-7(6-19-12(16)17)2-8(14)3-10(11)15/h2-3,9,18H,4-6H2,1H3. The van der Waals surface area contributed by atoms with Crippen molar-refractivity contribution in [3.8, 4) is 0 Å². The molecule has 1 aromatic carbocycles. The molecule has 0 bridgehead atoms. The quantitative estimate of drug-likeness (QED) is 0.861. The molecule has 0 atom stereocenters. The molecule has 1 aromatic rings. The summed E-state index contributed by atoms with van der Waals surface area (Å²) < 4.78 is 19.8. The maximum absolute atomic E-state index is 14.1. The summed E-state index contributed by atoms with van der Waals surface area (Å²) in [7, 11) is 0. The average Bonchev–Trinajstić information content (AvgIpc) is 2.26.